The number of thiazole rings is 1. The van der Waals surface area contributed by atoms with Crippen LogP contribution < -0.4 is 5.32 Å². The van der Waals surface area contributed by atoms with Crippen LogP contribution in [-0.2, 0) is 6.54 Å². The third-order valence-corrected chi connectivity index (χ3v) is 4.23. The van der Waals surface area contributed by atoms with Crippen LogP contribution in [0.4, 0.5) is 0 Å². The maximum Gasteiger partial charge on any atom is 0.154 e. The summed E-state index contributed by atoms with van der Waals surface area (Å²) in [5.74, 6) is 0. The van der Waals surface area contributed by atoms with Crippen molar-refractivity contribution in [1.82, 2.24) is 10.3 Å². The summed E-state index contributed by atoms with van der Waals surface area (Å²) in [5, 5.41) is 5.86. The van der Waals surface area contributed by atoms with Crippen molar-refractivity contribution in [3.05, 3.63) is 40.4 Å². The molecule has 84 valence electrons. The van der Waals surface area contributed by atoms with Crippen molar-refractivity contribution >= 4 is 34.7 Å². The van der Waals surface area contributed by atoms with Gasteiger partial charge in [0.25, 0.3) is 0 Å². The fourth-order valence-corrected chi connectivity index (χ4v) is 3.23. The fraction of sp³-hybridized carbons (Fsp3) is 0.182. The second-order valence-electron chi connectivity index (χ2n) is 3.18. The smallest absolute Gasteiger partial charge is 0.154 e. The van der Waals surface area contributed by atoms with E-state index in [9.17, 15) is 0 Å². The topological polar surface area (TPSA) is 24.9 Å². The van der Waals surface area contributed by atoms with Crippen molar-refractivity contribution < 1.29 is 0 Å². The molecule has 1 heterocycles. The SMILES string of the molecule is CNCc1ccc(Sc2nccs2)cc1Cl. The van der Waals surface area contributed by atoms with Crippen molar-refractivity contribution in [2.75, 3.05) is 7.05 Å². The van der Waals surface area contributed by atoms with Gasteiger partial charge in [-0.2, -0.15) is 0 Å². The molecule has 2 rings (SSSR count). The van der Waals surface area contributed by atoms with Gasteiger partial charge in [0.1, 0.15) is 0 Å². The third kappa shape index (κ3) is 2.98. The normalized spacial score (nSPS) is 10.6. The predicted molar refractivity (Wildman–Crippen MR) is 70.5 cm³/mol. The van der Waals surface area contributed by atoms with Crippen LogP contribution in [0, 0.1) is 0 Å². The highest BCUT2D eigenvalue weighted by Gasteiger charge is 2.04. The number of aromatic nitrogens is 1. The Hall–Kier alpha value is -0.550. The second-order valence-corrected chi connectivity index (χ2v) is 5.81. The average molecular weight is 271 g/mol. The number of rotatable bonds is 4. The quantitative estimate of drug-likeness (QED) is 0.918. The third-order valence-electron chi connectivity index (χ3n) is 2.01. The van der Waals surface area contributed by atoms with E-state index in [2.05, 4.69) is 22.4 Å². The van der Waals surface area contributed by atoms with Gasteiger partial charge in [-0.1, -0.05) is 29.4 Å². The van der Waals surface area contributed by atoms with Gasteiger partial charge in [-0.05, 0) is 24.7 Å². The first-order valence-electron chi connectivity index (χ1n) is 4.80. The molecule has 2 nitrogen and oxygen atoms in total. The van der Waals surface area contributed by atoms with Gasteiger partial charge >= 0.3 is 0 Å². The monoisotopic (exact) mass is 270 g/mol. The molecule has 0 unspecified atom stereocenters. The van der Waals surface area contributed by atoms with Gasteiger partial charge in [0, 0.05) is 28.0 Å². The second kappa shape index (κ2) is 5.68. The number of nitrogens with one attached hydrogen (secondary N) is 1. The molecule has 2 aromatic rings. The highest BCUT2D eigenvalue weighted by atomic mass is 35.5. The van der Waals surface area contributed by atoms with Crippen LogP contribution >= 0.6 is 34.7 Å². The Kier molecular flexibility index (Phi) is 4.23. The van der Waals surface area contributed by atoms with Crippen LogP contribution in [0.15, 0.2) is 39.0 Å². The molecule has 1 aromatic heterocycles. The van der Waals surface area contributed by atoms with Crippen LogP contribution in [0.3, 0.4) is 0 Å². The molecule has 0 saturated heterocycles. The molecular formula is C11H11ClN2S2. The van der Waals surface area contributed by atoms with Gasteiger partial charge in [-0.15, -0.1) is 11.3 Å². The standard InChI is InChI=1S/C11H11ClN2S2/c1-13-7-8-2-3-9(6-10(8)12)16-11-14-4-5-15-11/h2-6,13H,7H2,1H3. The molecular weight excluding hydrogens is 260 g/mol. The van der Waals surface area contributed by atoms with Crippen LogP contribution in [0.5, 0.6) is 0 Å². The average Bonchev–Trinajstić information content (AvgIpc) is 2.75. The van der Waals surface area contributed by atoms with Crippen molar-refractivity contribution in [1.29, 1.82) is 0 Å². The molecule has 16 heavy (non-hydrogen) atoms. The Bertz CT molecular complexity index is 457. The summed E-state index contributed by atoms with van der Waals surface area (Å²) in [4.78, 5) is 5.35. The first-order valence-corrected chi connectivity index (χ1v) is 6.87. The van der Waals surface area contributed by atoms with Crippen LogP contribution in [-0.4, -0.2) is 12.0 Å². The Labute approximate surface area is 108 Å². The highest BCUT2D eigenvalue weighted by molar-refractivity contribution is 8.01. The first kappa shape index (κ1) is 11.9. The summed E-state index contributed by atoms with van der Waals surface area (Å²) in [6.07, 6.45) is 1.81. The highest BCUT2D eigenvalue weighted by Crippen LogP contribution is 2.31. The Morgan fingerprint density at radius 3 is 3.00 bits per heavy atom. The van der Waals surface area contributed by atoms with Crippen molar-refractivity contribution in [2.45, 2.75) is 15.8 Å². The number of halogens is 1. The van der Waals surface area contributed by atoms with E-state index in [4.69, 9.17) is 11.6 Å². The van der Waals surface area contributed by atoms with Crippen molar-refractivity contribution in [3.63, 3.8) is 0 Å². The molecule has 0 aliphatic carbocycles. The molecule has 0 saturated carbocycles. The lowest BCUT2D eigenvalue weighted by Gasteiger charge is -2.05. The molecule has 0 aliphatic heterocycles. The van der Waals surface area contributed by atoms with Crippen molar-refractivity contribution in [3.8, 4) is 0 Å². The van der Waals surface area contributed by atoms with E-state index in [0.29, 0.717) is 0 Å². The summed E-state index contributed by atoms with van der Waals surface area (Å²) in [5.41, 5.74) is 1.12. The van der Waals surface area contributed by atoms with E-state index in [1.165, 1.54) is 0 Å². The van der Waals surface area contributed by atoms with Gasteiger partial charge in [-0.25, -0.2) is 4.98 Å². The number of benzene rings is 1. The minimum atomic E-state index is 0.793. The van der Waals surface area contributed by atoms with Gasteiger partial charge in [-0.3, -0.25) is 0 Å². The lowest BCUT2D eigenvalue weighted by Crippen LogP contribution is -2.05. The molecule has 0 amide bonds. The first-order chi connectivity index (χ1) is 7.79. The van der Waals surface area contributed by atoms with E-state index in [-0.39, 0.29) is 0 Å². The van der Waals surface area contributed by atoms with Gasteiger partial charge in [0.15, 0.2) is 4.34 Å². The fourth-order valence-electron chi connectivity index (χ4n) is 1.29. The largest absolute Gasteiger partial charge is 0.316 e. The predicted octanol–water partition coefficient (Wildman–Crippen LogP) is 3.67. The van der Waals surface area contributed by atoms with Crippen molar-refractivity contribution in [2.24, 2.45) is 0 Å². The van der Waals surface area contributed by atoms with Crippen LogP contribution in [0.1, 0.15) is 5.56 Å². The lowest BCUT2D eigenvalue weighted by molar-refractivity contribution is 0.817. The minimum absolute atomic E-state index is 0.793. The molecule has 0 atom stereocenters. The van der Waals surface area contributed by atoms with E-state index in [0.717, 1.165) is 26.4 Å². The molecule has 1 aromatic carbocycles. The van der Waals surface area contributed by atoms with E-state index < -0.39 is 0 Å². The Morgan fingerprint density at radius 2 is 2.38 bits per heavy atom. The minimum Gasteiger partial charge on any atom is -0.316 e. The van der Waals surface area contributed by atoms with E-state index >= 15 is 0 Å². The zero-order valence-electron chi connectivity index (χ0n) is 8.74. The summed E-state index contributed by atoms with van der Waals surface area (Å²) in [7, 11) is 1.91. The summed E-state index contributed by atoms with van der Waals surface area (Å²) >= 11 is 9.45. The molecule has 0 fully saturated rings. The number of nitrogens with zero attached hydrogens (tertiary/aromatic N) is 1. The molecule has 0 aliphatic rings. The maximum atomic E-state index is 6.18. The van der Waals surface area contributed by atoms with Gasteiger partial charge in [0.2, 0.25) is 0 Å². The summed E-state index contributed by atoms with van der Waals surface area (Å²) in [6.45, 7) is 0.793. The molecule has 0 spiro atoms. The zero-order valence-corrected chi connectivity index (χ0v) is 11.1. The van der Waals surface area contributed by atoms with Crippen LogP contribution in [0.25, 0.3) is 0 Å². The lowest BCUT2D eigenvalue weighted by atomic mass is 10.2. The van der Waals surface area contributed by atoms with Crippen LogP contribution in [0.2, 0.25) is 5.02 Å². The number of hydrogen-bond acceptors (Lipinski definition) is 4. The molecule has 0 radical (unpaired) electrons. The Balaban J connectivity index is 2.15. The van der Waals surface area contributed by atoms with Gasteiger partial charge in [0.05, 0.1) is 0 Å². The van der Waals surface area contributed by atoms with E-state index in [1.54, 1.807) is 23.1 Å². The number of hydrogen-bond donors (Lipinski definition) is 1. The summed E-state index contributed by atoms with van der Waals surface area (Å²) in [6, 6.07) is 6.11. The summed E-state index contributed by atoms with van der Waals surface area (Å²) < 4.78 is 1.04. The van der Waals surface area contributed by atoms with E-state index in [1.807, 2.05) is 24.7 Å². The molecule has 0 bridgehead atoms. The Morgan fingerprint density at radius 1 is 1.50 bits per heavy atom. The molecule has 5 heteroatoms. The molecule has 1 N–H and O–H groups in total. The zero-order chi connectivity index (χ0) is 11.4. The van der Waals surface area contributed by atoms with Gasteiger partial charge < -0.3 is 5.32 Å². The maximum absolute atomic E-state index is 6.18.